The van der Waals surface area contributed by atoms with Crippen LogP contribution in [0.5, 0.6) is 0 Å². The van der Waals surface area contributed by atoms with Gasteiger partial charge in [-0.3, -0.25) is 19.2 Å². The Balaban J connectivity index is 2.20. The van der Waals surface area contributed by atoms with Crippen LogP contribution in [0.2, 0.25) is 0 Å². The molecule has 4 unspecified atom stereocenters. The number of aliphatic carboxylic acids is 1. The Hall–Kier alpha value is -3.97. The lowest BCUT2D eigenvalue weighted by Gasteiger charge is -2.25. The molecular formula is C25H36N6O7. The summed E-state index contributed by atoms with van der Waals surface area (Å²) in [7, 11) is 0. The van der Waals surface area contributed by atoms with Crippen LogP contribution in [-0.2, 0) is 30.4 Å². The molecule has 4 amide bonds. The average Bonchev–Trinajstić information content (AvgIpc) is 3.27. The van der Waals surface area contributed by atoms with Gasteiger partial charge < -0.3 is 42.6 Å². The largest absolute Gasteiger partial charge is 0.480 e. The first-order valence-corrected chi connectivity index (χ1v) is 12.3. The Morgan fingerprint density at radius 1 is 0.947 bits per heavy atom. The maximum absolute atomic E-state index is 13.1. The van der Waals surface area contributed by atoms with Crippen LogP contribution in [0.3, 0.4) is 0 Å². The molecule has 2 rings (SSSR count). The van der Waals surface area contributed by atoms with Gasteiger partial charge in [0.2, 0.25) is 23.6 Å². The highest BCUT2D eigenvalue weighted by Gasteiger charge is 2.31. The molecule has 0 aliphatic rings. The van der Waals surface area contributed by atoms with E-state index in [4.69, 9.17) is 16.6 Å². The van der Waals surface area contributed by atoms with E-state index in [-0.39, 0.29) is 31.6 Å². The van der Waals surface area contributed by atoms with Gasteiger partial charge in [-0.15, -0.1) is 0 Å². The van der Waals surface area contributed by atoms with Gasteiger partial charge in [0.1, 0.15) is 24.2 Å². The number of carbonyl (C=O) groups is 5. The molecule has 4 atom stereocenters. The van der Waals surface area contributed by atoms with E-state index in [1.165, 1.54) is 0 Å². The Morgan fingerprint density at radius 3 is 2.16 bits per heavy atom. The second kappa shape index (κ2) is 14.1. The van der Waals surface area contributed by atoms with Crippen LogP contribution >= 0.6 is 0 Å². The first-order valence-electron chi connectivity index (χ1n) is 12.3. The fraction of sp³-hybridized carbons (Fsp3) is 0.480. The number of amides is 4. The zero-order valence-corrected chi connectivity index (χ0v) is 21.4. The highest BCUT2D eigenvalue weighted by molar-refractivity contribution is 5.94. The van der Waals surface area contributed by atoms with E-state index in [1.54, 1.807) is 6.20 Å². The minimum atomic E-state index is -1.33. The fourth-order valence-corrected chi connectivity index (χ4v) is 3.89. The molecule has 0 fully saturated rings. The second-order valence-electron chi connectivity index (χ2n) is 9.51. The van der Waals surface area contributed by atoms with Crippen molar-refractivity contribution in [2.75, 3.05) is 6.61 Å². The number of fused-ring (bicyclic) bond motifs is 1. The third kappa shape index (κ3) is 8.85. The number of para-hydroxylation sites is 1. The smallest absolute Gasteiger partial charge is 0.326 e. The molecule has 0 spiro atoms. The van der Waals surface area contributed by atoms with E-state index < -0.39 is 60.4 Å². The molecule has 10 N–H and O–H groups in total. The molecule has 0 saturated heterocycles. The SMILES string of the molecule is CC(C)CC(NC(=O)C(N)CO)C(=O)NC(CCC(N)=O)C(=O)NC(Cc1c[nH]c2ccccc12)C(=O)O. The summed E-state index contributed by atoms with van der Waals surface area (Å²) >= 11 is 0. The number of aliphatic hydroxyl groups is 1. The summed E-state index contributed by atoms with van der Waals surface area (Å²) < 4.78 is 0. The van der Waals surface area contributed by atoms with Crippen molar-refractivity contribution < 1.29 is 34.2 Å². The number of carbonyl (C=O) groups excluding carboxylic acids is 4. The molecule has 38 heavy (non-hydrogen) atoms. The zero-order valence-electron chi connectivity index (χ0n) is 21.4. The number of aliphatic hydroxyl groups excluding tert-OH is 1. The van der Waals surface area contributed by atoms with Gasteiger partial charge in [-0.05, 0) is 30.4 Å². The number of H-pyrrole nitrogens is 1. The number of nitrogens with two attached hydrogens (primary N) is 2. The number of hydrogen-bond donors (Lipinski definition) is 8. The molecule has 208 valence electrons. The van der Waals surface area contributed by atoms with Crippen LogP contribution in [0.25, 0.3) is 10.9 Å². The average molecular weight is 533 g/mol. The summed E-state index contributed by atoms with van der Waals surface area (Å²) in [6.45, 7) is 3.01. The van der Waals surface area contributed by atoms with E-state index in [1.807, 2.05) is 38.1 Å². The standard InChI is InChI=1S/C25H36N6O7/c1-13(2)9-19(30-22(34)16(26)12-32)24(36)29-18(7-8-21(27)33)23(35)31-20(25(37)38)10-14-11-28-17-6-4-3-5-15(14)17/h3-6,11,13,16,18-20,28,32H,7-10,12,26H2,1-2H3,(H2,27,33)(H,29,36)(H,30,34)(H,31,35)(H,37,38). The third-order valence-corrected chi connectivity index (χ3v) is 5.90. The Bertz CT molecular complexity index is 1150. The predicted molar refractivity (Wildman–Crippen MR) is 138 cm³/mol. The molecule has 13 heteroatoms. The zero-order chi connectivity index (χ0) is 28.4. The highest BCUT2D eigenvalue weighted by Crippen LogP contribution is 2.19. The summed E-state index contributed by atoms with van der Waals surface area (Å²) in [5.74, 6) is -4.35. The Morgan fingerprint density at radius 2 is 1.55 bits per heavy atom. The number of hydrogen-bond acceptors (Lipinski definition) is 7. The number of nitrogens with one attached hydrogen (secondary N) is 4. The number of benzene rings is 1. The van der Waals surface area contributed by atoms with Crippen molar-refractivity contribution in [2.45, 2.75) is 63.7 Å². The third-order valence-electron chi connectivity index (χ3n) is 5.90. The topological polar surface area (TPSA) is 230 Å². The molecule has 0 aliphatic carbocycles. The van der Waals surface area contributed by atoms with Gasteiger partial charge >= 0.3 is 5.97 Å². The lowest BCUT2D eigenvalue weighted by atomic mass is 10.0. The van der Waals surface area contributed by atoms with Crippen molar-refractivity contribution in [3.8, 4) is 0 Å². The number of primary amides is 1. The van der Waals surface area contributed by atoms with Crippen molar-refractivity contribution in [1.82, 2.24) is 20.9 Å². The van der Waals surface area contributed by atoms with Crippen molar-refractivity contribution in [3.63, 3.8) is 0 Å². The second-order valence-corrected chi connectivity index (χ2v) is 9.51. The van der Waals surface area contributed by atoms with E-state index in [0.717, 1.165) is 10.9 Å². The van der Waals surface area contributed by atoms with E-state index >= 15 is 0 Å². The van der Waals surface area contributed by atoms with Gasteiger partial charge in [-0.25, -0.2) is 4.79 Å². The molecule has 0 radical (unpaired) electrons. The number of carboxylic acid groups (broad SMARTS) is 1. The number of rotatable bonds is 15. The van der Waals surface area contributed by atoms with Crippen LogP contribution in [-0.4, -0.2) is 75.6 Å². The van der Waals surface area contributed by atoms with E-state index in [9.17, 15) is 29.1 Å². The predicted octanol–water partition coefficient (Wildman–Crippen LogP) is -1.12. The van der Waals surface area contributed by atoms with E-state index in [0.29, 0.717) is 5.56 Å². The molecule has 0 bridgehead atoms. The van der Waals surface area contributed by atoms with Gasteiger partial charge in [0.05, 0.1) is 6.61 Å². The van der Waals surface area contributed by atoms with Gasteiger partial charge in [0.25, 0.3) is 0 Å². The number of carboxylic acids is 1. The first kappa shape index (κ1) is 30.3. The Kier molecular flexibility index (Phi) is 11.2. The lowest BCUT2D eigenvalue weighted by molar-refractivity contribution is -0.142. The molecule has 0 aliphatic heterocycles. The minimum absolute atomic E-state index is 0.0351. The highest BCUT2D eigenvalue weighted by atomic mass is 16.4. The van der Waals surface area contributed by atoms with E-state index in [2.05, 4.69) is 20.9 Å². The van der Waals surface area contributed by atoms with Crippen LogP contribution in [0.1, 0.15) is 38.7 Å². The molecule has 0 saturated carbocycles. The Labute approximate surface area is 219 Å². The number of aromatic amines is 1. The molecular weight excluding hydrogens is 496 g/mol. The van der Waals surface area contributed by atoms with Crippen LogP contribution in [0.15, 0.2) is 30.5 Å². The van der Waals surface area contributed by atoms with Gasteiger partial charge in [-0.2, -0.15) is 0 Å². The quantitative estimate of drug-likeness (QED) is 0.140. The number of aromatic nitrogens is 1. The summed E-state index contributed by atoms with van der Waals surface area (Å²) in [5.41, 5.74) is 12.2. The molecule has 2 aromatic rings. The van der Waals surface area contributed by atoms with Crippen LogP contribution in [0, 0.1) is 5.92 Å². The normalized spacial score (nSPS) is 14.3. The van der Waals surface area contributed by atoms with Gasteiger partial charge in [-0.1, -0.05) is 32.0 Å². The van der Waals surface area contributed by atoms with Crippen molar-refractivity contribution in [3.05, 3.63) is 36.0 Å². The maximum atomic E-state index is 13.1. The van der Waals surface area contributed by atoms with Crippen molar-refractivity contribution in [2.24, 2.45) is 17.4 Å². The summed E-state index contributed by atoms with van der Waals surface area (Å²) in [6.07, 6.45) is 1.38. The lowest BCUT2D eigenvalue weighted by Crippen LogP contribution is -2.57. The summed E-state index contributed by atoms with van der Waals surface area (Å²) in [4.78, 5) is 64.8. The first-order chi connectivity index (χ1) is 17.9. The summed E-state index contributed by atoms with van der Waals surface area (Å²) in [6, 6.07) is 2.33. The minimum Gasteiger partial charge on any atom is -0.480 e. The maximum Gasteiger partial charge on any atom is 0.326 e. The monoisotopic (exact) mass is 532 g/mol. The van der Waals surface area contributed by atoms with Crippen LogP contribution < -0.4 is 27.4 Å². The summed E-state index contributed by atoms with van der Waals surface area (Å²) in [5, 5.41) is 27.1. The molecule has 13 nitrogen and oxygen atoms in total. The molecule has 1 heterocycles. The van der Waals surface area contributed by atoms with Crippen molar-refractivity contribution in [1.29, 1.82) is 0 Å². The molecule has 1 aromatic carbocycles. The van der Waals surface area contributed by atoms with Gasteiger partial charge in [0, 0.05) is 29.9 Å². The van der Waals surface area contributed by atoms with Gasteiger partial charge in [0.15, 0.2) is 0 Å². The van der Waals surface area contributed by atoms with Crippen LogP contribution in [0.4, 0.5) is 0 Å². The fourth-order valence-electron chi connectivity index (χ4n) is 3.89. The van der Waals surface area contributed by atoms with Crippen molar-refractivity contribution >= 4 is 40.5 Å². The molecule has 1 aromatic heterocycles.